The fourth-order valence-electron chi connectivity index (χ4n) is 4.50. The molecule has 6 nitrogen and oxygen atoms in total. The highest BCUT2D eigenvalue weighted by atomic mass is 16.2. The Hall–Kier alpha value is -3.67. The minimum absolute atomic E-state index is 0.0234. The fourth-order valence-corrected chi connectivity index (χ4v) is 4.50. The lowest BCUT2D eigenvalue weighted by Crippen LogP contribution is -2.47. The molecule has 1 aliphatic rings. The lowest BCUT2D eigenvalue weighted by atomic mass is 10.1. The number of anilines is 1. The normalized spacial score (nSPS) is 13.3. The quantitative estimate of drug-likeness (QED) is 0.571. The van der Waals surface area contributed by atoms with Gasteiger partial charge in [-0.3, -0.25) is 14.4 Å². The number of benzene rings is 3. The maximum Gasteiger partial charge on any atom is 0.258 e. The number of nitrogens with zero attached hydrogens (tertiary/aromatic N) is 2. The van der Waals surface area contributed by atoms with Crippen molar-refractivity contribution in [2.75, 3.05) is 18.5 Å². The summed E-state index contributed by atoms with van der Waals surface area (Å²) in [4.78, 5) is 41.9. The molecule has 1 N–H and O–H groups in total. The van der Waals surface area contributed by atoms with E-state index in [4.69, 9.17) is 0 Å². The molecule has 0 fully saturated rings. The predicted octanol–water partition coefficient (Wildman–Crippen LogP) is 4.05. The van der Waals surface area contributed by atoms with Gasteiger partial charge in [0.25, 0.3) is 5.91 Å². The number of carbonyl (C=O) groups is 3. The molecule has 0 aliphatic carbocycles. The van der Waals surface area contributed by atoms with Crippen LogP contribution < -0.4 is 10.2 Å². The number of likely N-dealkylation sites (N-methyl/N-ethyl adjacent to an activating group) is 1. The minimum Gasteiger partial charge on any atom is -0.357 e. The van der Waals surface area contributed by atoms with Gasteiger partial charge in [0.1, 0.15) is 6.04 Å². The Kier molecular flexibility index (Phi) is 6.45. The van der Waals surface area contributed by atoms with Crippen molar-refractivity contribution >= 4 is 34.2 Å². The molecular weight excluding hydrogens is 414 g/mol. The van der Waals surface area contributed by atoms with Crippen LogP contribution >= 0.6 is 0 Å². The molecule has 0 spiro atoms. The van der Waals surface area contributed by atoms with Gasteiger partial charge in [-0.2, -0.15) is 0 Å². The summed E-state index contributed by atoms with van der Waals surface area (Å²) in [6.07, 6.45) is 0.767. The van der Waals surface area contributed by atoms with Crippen LogP contribution in [-0.4, -0.2) is 42.3 Å². The van der Waals surface area contributed by atoms with Crippen molar-refractivity contribution in [3.63, 3.8) is 0 Å². The number of carbonyl (C=O) groups excluding carboxylic acids is 3. The molecule has 3 amide bonds. The van der Waals surface area contributed by atoms with E-state index < -0.39 is 6.04 Å². The Morgan fingerprint density at radius 1 is 1.03 bits per heavy atom. The van der Waals surface area contributed by atoms with Crippen molar-refractivity contribution in [3.05, 3.63) is 77.4 Å². The molecule has 0 unspecified atom stereocenters. The van der Waals surface area contributed by atoms with Gasteiger partial charge in [0.05, 0.1) is 5.69 Å². The van der Waals surface area contributed by atoms with Gasteiger partial charge in [-0.15, -0.1) is 0 Å². The molecule has 1 atom stereocenters. The van der Waals surface area contributed by atoms with Crippen LogP contribution in [0, 0.1) is 6.92 Å². The summed E-state index contributed by atoms with van der Waals surface area (Å²) >= 11 is 0. The van der Waals surface area contributed by atoms with Crippen LogP contribution in [0.3, 0.4) is 0 Å². The smallest absolute Gasteiger partial charge is 0.258 e. The fraction of sp³-hybridized carbons (Fsp3) is 0.296. The van der Waals surface area contributed by atoms with E-state index in [0.717, 1.165) is 27.6 Å². The molecule has 0 radical (unpaired) electrons. The average molecular weight is 444 g/mol. The maximum absolute atomic E-state index is 13.2. The van der Waals surface area contributed by atoms with E-state index in [9.17, 15) is 14.4 Å². The number of hydrogen-bond donors (Lipinski definition) is 1. The van der Waals surface area contributed by atoms with Crippen molar-refractivity contribution in [1.82, 2.24) is 10.2 Å². The number of hydrogen-bond acceptors (Lipinski definition) is 3. The highest BCUT2D eigenvalue weighted by Gasteiger charge is 2.30. The third-order valence-corrected chi connectivity index (χ3v) is 6.44. The summed E-state index contributed by atoms with van der Waals surface area (Å²) in [7, 11) is 1.58. The summed E-state index contributed by atoms with van der Waals surface area (Å²) in [6, 6.07) is 19.0. The minimum atomic E-state index is -0.589. The van der Waals surface area contributed by atoms with Gasteiger partial charge in [-0.05, 0) is 48.9 Å². The van der Waals surface area contributed by atoms with E-state index in [-0.39, 0.29) is 24.1 Å². The molecule has 0 aromatic heterocycles. The molecule has 1 aliphatic heterocycles. The molecule has 4 rings (SSSR count). The van der Waals surface area contributed by atoms with E-state index in [1.54, 1.807) is 23.8 Å². The van der Waals surface area contributed by atoms with Crippen LogP contribution in [0.4, 0.5) is 5.69 Å². The van der Waals surface area contributed by atoms with Crippen LogP contribution in [0.25, 0.3) is 10.8 Å². The first-order valence-corrected chi connectivity index (χ1v) is 11.3. The molecule has 0 saturated heterocycles. The van der Waals surface area contributed by atoms with E-state index in [1.807, 2.05) is 67.6 Å². The third-order valence-electron chi connectivity index (χ3n) is 6.44. The lowest BCUT2D eigenvalue weighted by Gasteiger charge is -2.29. The first-order valence-electron chi connectivity index (χ1n) is 11.3. The van der Waals surface area contributed by atoms with E-state index >= 15 is 0 Å². The van der Waals surface area contributed by atoms with Crippen molar-refractivity contribution in [2.45, 2.75) is 39.3 Å². The Labute approximate surface area is 194 Å². The summed E-state index contributed by atoms with van der Waals surface area (Å²) < 4.78 is 0. The molecule has 3 aromatic carbocycles. The zero-order valence-corrected chi connectivity index (χ0v) is 19.3. The summed E-state index contributed by atoms with van der Waals surface area (Å²) in [5.41, 5.74) is 3.70. The zero-order valence-electron chi connectivity index (χ0n) is 19.3. The molecule has 1 heterocycles. The van der Waals surface area contributed by atoms with Crippen LogP contribution in [0.15, 0.2) is 60.7 Å². The molecule has 3 aromatic rings. The topological polar surface area (TPSA) is 69.7 Å². The van der Waals surface area contributed by atoms with Crippen LogP contribution in [0.2, 0.25) is 0 Å². The number of aryl methyl sites for hydroxylation is 1. The Morgan fingerprint density at radius 3 is 2.48 bits per heavy atom. The first kappa shape index (κ1) is 22.5. The van der Waals surface area contributed by atoms with Crippen LogP contribution in [0.5, 0.6) is 0 Å². The Morgan fingerprint density at radius 2 is 1.76 bits per heavy atom. The van der Waals surface area contributed by atoms with Gasteiger partial charge in [0.15, 0.2) is 0 Å². The lowest BCUT2D eigenvalue weighted by molar-refractivity contribution is -0.140. The molecule has 6 heteroatoms. The monoisotopic (exact) mass is 443 g/mol. The van der Waals surface area contributed by atoms with Crippen LogP contribution in [-0.2, 0) is 16.1 Å². The number of amides is 3. The van der Waals surface area contributed by atoms with E-state index in [2.05, 4.69) is 5.32 Å². The molecular formula is C27H29N3O3. The Bertz CT molecular complexity index is 1210. The standard InChI is InChI=1S/C27H29N3O3/c1-18-9-4-5-10-21(18)17-30(19(2)26(32)28-3)24(31)15-8-16-29-23-14-7-12-20-11-6-13-22(25(20)23)27(29)33/h4-7,9-14,19H,8,15-17H2,1-3H3,(H,28,32)/t19-/m1/s1. The van der Waals surface area contributed by atoms with Crippen LogP contribution in [0.1, 0.15) is 41.3 Å². The predicted molar refractivity (Wildman–Crippen MR) is 130 cm³/mol. The third kappa shape index (κ3) is 4.33. The van der Waals surface area contributed by atoms with Crippen molar-refractivity contribution in [3.8, 4) is 0 Å². The van der Waals surface area contributed by atoms with Crippen molar-refractivity contribution < 1.29 is 14.4 Å². The van der Waals surface area contributed by atoms with Gasteiger partial charge in [-0.25, -0.2) is 0 Å². The Balaban J connectivity index is 1.47. The second-order valence-electron chi connectivity index (χ2n) is 8.48. The van der Waals surface area contributed by atoms with E-state index in [1.165, 1.54) is 0 Å². The molecule has 170 valence electrons. The van der Waals surface area contributed by atoms with Crippen molar-refractivity contribution in [2.24, 2.45) is 0 Å². The largest absolute Gasteiger partial charge is 0.357 e. The van der Waals surface area contributed by atoms with Gasteiger partial charge in [0, 0.05) is 37.5 Å². The maximum atomic E-state index is 13.2. The number of rotatable bonds is 8. The van der Waals surface area contributed by atoms with Gasteiger partial charge < -0.3 is 15.1 Å². The second-order valence-corrected chi connectivity index (χ2v) is 8.48. The molecule has 0 bridgehead atoms. The average Bonchev–Trinajstić information content (AvgIpc) is 3.10. The molecule has 0 saturated carbocycles. The summed E-state index contributed by atoms with van der Waals surface area (Å²) in [5.74, 6) is -0.324. The SMILES string of the molecule is CNC(=O)[C@@H](C)N(Cc1ccccc1C)C(=O)CCCN1C(=O)c2cccc3cccc1c23. The number of nitrogens with one attached hydrogen (secondary N) is 1. The summed E-state index contributed by atoms with van der Waals surface area (Å²) in [5, 5.41) is 4.66. The van der Waals surface area contributed by atoms with E-state index in [0.29, 0.717) is 25.1 Å². The van der Waals surface area contributed by atoms with Gasteiger partial charge >= 0.3 is 0 Å². The summed E-state index contributed by atoms with van der Waals surface area (Å²) in [6.45, 7) is 4.56. The van der Waals surface area contributed by atoms with Crippen molar-refractivity contribution in [1.29, 1.82) is 0 Å². The highest BCUT2D eigenvalue weighted by molar-refractivity contribution is 6.25. The second kappa shape index (κ2) is 9.45. The van der Waals surface area contributed by atoms with Gasteiger partial charge in [0.2, 0.25) is 11.8 Å². The highest BCUT2D eigenvalue weighted by Crippen LogP contribution is 2.37. The first-order chi connectivity index (χ1) is 15.9. The zero-order chi connectivity index (χ0) is 23.5. The molecule has 33 heavy (non-hydrogen) atoms. The van der Waals surface area contributed by atoms with Gasteiger partial charge in [-0.1, -0.05) is 48.5 Å².